The maximum absolute atomic E-state index is 12.9. The summed E-state index contributed by atoms with van der Waals surface area (Å²) in [5.41, 5.74) is 1.08. The summed E-state index contributed by atoms with van der Waals surface area (Å²) >= 11 is 6.09. The van der Waals surface area contributed by atoms with Crippen LogP contribution in [0, 0.1) is 0 Å². The SMILES string of the molecule is CC(NC(=O)CN1CCN(S(=O)(=O)c2ccccc2Cl)CC1)c1cccc2ccccc12. The van der Waals surface area contributed by atoms with Gasteiger partial charge >= 0.3 is 0 Å². The molecule has 1 amide bonds. The summed E-state index contributed by atoms with van der Waals surface area (Å²) < 4.78 is 27.2. The van der Waals surface area contributed by atoms with Crippen LogP contribution in [0.3, 0.4) is 0 Å². The Morgan fingerprint density at radius 1 is 0.969 bits per heavy atom. The minimum Gasteiger partial charge on any atom is -0.348 e. The smallest absolute Gasteiger partial charge is 0.244 e. The topological polar surface area (TPSA) is 69.7 Å². The first-order valence-corrected chi connectivity index (χ1v) is 12.4. The number of benzene rings is 3. The summed E-state index contributed by atoms with van der Waals surface area (Å²) in [5.74, 6) is -0.0761. The third kappa shape index (κ3) is 4.81. The second-order valence-corrected chi connectivity index (χ2v) is 10.3. The highest BCUT2D eigenvalue weighted by atomic mass is 35.5. The van der Waals surface area contributed by atoms with Crippen LogP contribution < -0.4 is 5.32 Å². The number of piperazine rings is 1. The number of halogens is 1. The van der Waals surface area contributed by atoms with Crippen molar-refractivity contribution in [2.24, 2.45) is 0 Å². The van der Waals surface area contributed by atoms with Crippen LogP contribution >= 0.6 is 11.6 Å². The molecule has 4 rings (SSSR count). The van der Waals surface area contributed by atoms with E-state index in [0.29, 0.717) is 26.2 Å². The second kappa shape index (κ2) is 9.58. The number of nitrogens with zero attached hydrogens (tertiary/aromatic N) is 2. The summed E-state index contributed by atoms with van der Waals surface area (Å²) in [5, 5.41) is 5.57. The van der Waals surface area contributed by atoms with E-state index in [0.717, 1.165) is 16.3 Å². The van der Waals surface area contributed by atoms with E-state index in [9.17, 15) is 13.2 Å². The zero-order chi connectivity index (χ0) is 22.7. The molecular weight excluding hydrogens is 446 g/mol. The van der Waals surface area contributed by atoms with Crippen LogP contribution in [-0.2, 0) is 14.8 Å². The molecule has 1 fully saturated rings. The summed E-state index contributed by atoms with van der Waals surface area (Å²) in [6, 6.07) is 20.5. The Morgan fingerprint density at radius 2 is 1.62 bits per heavy atom. The molecule has 0 aromatic heterocycles. The largest absolute Gasteiger partial charge is 0.348 e. The predicted octanol–water partition coefficient (Wildman–Crippen LogP) is 3.68. The zero-order valence-electron chi connectivity index (χ0n) is 17.9. The quantitative estimate of drug-likeness (QED) is 0.595. The number of carbonyl (C=O) groups is 1. The predicted molar refractivity (Wildman–Crippen MR) is 127 cm³/mol. The average Bonchev–Trinajstić information content (AvgIpc) is 2.79. The number of hydrogen-bond donors (Lipinski definition) is 1. The molecule has 6 nitrogen and oxygen atoms in total. The van der Waals surface area contributed by atoms with Gasteiger partial charge in [0.15, 0.2) is 0 Å². The molecule has 1 aliphatic heterocycles. The van der Waals surface area contributed by atoms with Gasteiger partial charge in [-0.25, -0.2) is 8.42 Å². The fraction of sp³-hybridized carbons (Fsp3) is 0.292. The molecule has 0 spiro atoms. The van der Waals surface area contributed by atoms with Crippen molar-refractivity contribution in [3.05, 3.63) is 77.3 Å². The molecule has 1 heterocycles. The number of rotatable bonds is 6. The molecule has 3 aromatic rings. The van der Waals surface area contributed by atoms with Gasteiger partial charge in [-0.15, -0.1) is 0 Å². The van der Waals surface area contributed by atoms with Crippen molar-refractivity contribution in [3.8, 4) is 0 Å². The third-order valence-corrected chi connectivity index (χ3v) is 8.22. The van der Waals surface area contributed by atoms with E-state index in [-0.39, 0.29) is 28.4 Å². The molecule has 1 N–H and O–H groups in total. The Bertz CT molecular complexity index is 1220. The van der Waals surface area contributed by atoms with Gasteiger partial charge in [-0.05, 0) is 35.4 Å². The van der Waals surface area contributed by atoms with Crippen molar-refractivity contribution < 1.29 is 13.2 Å². The van der Waals surface area contributed by atoms with Gasteiger partial charge in [0.05, 0.1) is 17.6 Å². The summed E-state index contributed by atoms with van der Waals surface area (Å²) in [4.78, 5) is 14.8. The van der Waals surface area contributed by atoms with Gasteiger partial charge in [-0.3, -0.25) is 9.69 Å². The average molecular weight is 472 g/mol. The lowest BCUT2D eigenvalue weighted by Crippen LogP contribution is -2.51. The molecule has 1 unspecified atom stereocenters. The molecule has 0 saturated carbocycles. The molecule has 168 valence electrons. The molecule has 32 heavy (non-hydrogen) atoms. The number of carbonyl (C=O) groups excluding carboxylic acids is 1. The molecule has 3 aromatic carbocycles. The Kier molecular flexibility index (Phi) is 6.81. The number of nitrogens with one attached hydrogen (secondary N) is 1. The Labute approximate surface area is 193 Å². The van der Waals surface area contributed by atoms with Gasteiger partial charge in [-0.2, -0.15) is 4.31 Å². The normalized spacial score (nSPS) is 16.7. The summed E-state index contributed by atoms with van der Waals surface area (Å²) in [7, 11) is -3.65. The highest BCUT2D eigenvalue weighted by Gasteiger charge is 2.30. The maximum atomic E-state index is 12.9. The molecule has 0 aliphatic carbocycles. The lowest BCUT2D eigenvalue weighted by Gasteiger charge is -2.33. The fourth-order valence-electron chi connectivity index (χ4n) is 4.12. The molecular formula is C24H26ClN3O3S. The molecule has 1 saturated heterocycles. The van der Waals surface area contributed by atoms with E-state index in [1.165, 1.54) is 10.4 Å². The van der Waals surface area contributed by atoms with Crippen LogP contribution in [0.25, 0.3) is 10.8 Å². The zero-order valence-corrected chi connectivity index (χ0v) is 19.4. The van der Waals surface area contributed by atoms with E-state index in [2.05, 4.69) is 23.5 Å². The second-order valence-electron chi connectivity index (χ2n) is 7.97. The first-order valence-electron chi connectivity index (χ1n) is 10.6. The standard InChI is InChI=1S/C24H26ClN3O3S/c1-18(20-10-6-8-19-7-2-3-9-21(19)20)26-24(29)17-27-13-15-28(16-14-27)32(30,31)23-12-5-4-11-22(23)25/h2-12,18H,13-17H2,1H3,(H,26,29). The highest BCUT2D eigenvalue weighted by Crippen LogP contribution is 2.26. The Balaban J connectivity index is 1.34. The van der Waals surface area contributed by atoms with Crippen molar-refractivity contribution in [1.82, 2.24) is 14.5 Å². The minimum absolute atomic E-state index is 0.0761. The monoisotopic (exact) mass is 471 g/mol. The molecule has 0 bridgehead atoms. The third-order valence-electron chi connectivity index (χ3n) is 5.82. The summed E-state index contributed by atoms with van der Waals surface area (Å²) in [6.45, 7) is 3.82. The maximum Gasteiger partial charge on any atom is 0.244 e. The molecule has 1 atom stereocenters. The first-order chi connectivity index (χ1) is 15.4. The molecule has 0 radical (unpaired) electrons. The van der Waals surface area contributed by atoms with E-state index in [1.807, 2.05) is 36.1 Å². The van der Waals surface area contributed by atoms with Crippen molar-refractivity contribution in [2.75, 3.05) is 32.7 Å². The fourth-order valence-corrected chi connectivity index (χ4v) is 6.03. The van der Waals surface area contributed by atoms with Crippen LogP contribution in [0.15, 0.2) is 71.6 Å². The van der Waals surface area contributed by atoms with E-state index < -0.39 is 10.0 Å². The van der Waals surface area contributed by atoms with Gasteiger partial charge in [-0.1, -0.05) is 66.2 Å². The van der Waals surface area contributed by atoms with Gasteiger partial charge in [0.1, 0.15) is 4.90 Å². The number of amides is 1. The highest BCUT2D eigenvalue weighted by molar-refractivity contribution is 7.89. The Hall–Kier alpha value is -2.45. The van der Waals surface area contributed by atoms with Crippen molar-refractivity contribution >= 4 is 38.3 Å². The van der Waals surface area contributed by atoms with E-state index in [4.69, 9.17) is 11.6 Å². The van der Waals surface area contributed by atoms with E-state index in [1.54, 1.807) is 18.2 Å². The number of fused-ring (bicyclic) bond motifs is 1. The van der Waals surface area contributed by atoms with Crippen LogP contribution in [0.4, 0.5) is 0 Å². The lowest BCUT2D eigenvalue weighted by atomic mass is 10.00. The van der Waals surface area contributed by atoms with Gasteiger partial charge in [0.25, 0.3) is 0 Å². The van der Waals surface area contributed by atoms with Crippen molar-refractivity contribution in [3.63, 3.8) is 0 Å². The Morgan fingerprint density at radius 3 is 2.38 bits per heavy atom. The number of hydrogen-bond acceptors (Lipinski definition) is 4. The van der Waals surface area contributed by atoms with Crippen LogP contribution in [-0.4, -0.2) is 56.3 Å². The first kappa shape index (κ1) is 22.7. The number of sulfonamides is 1. The molecule has 8 heteroatoms. The van der Waals surface area contributed by atoms with Crippen LogP contribution in [0.1, 0.15) is 18.5 Å². The minimum atomic E-state index is -3.65. The van der Waals surface area contributed by atoms with Gasteiger partial charge in [0.2, 0.25) is 15.9 Å². The van der Waals surface area contributed by atoms with Gasteiger partial charge < -0.3 is 5.32 Å². The van der Waals surface area contributed by atoms with E-state index >= 15 is 0 Å². The van der Waals surface area contributed by atoms with Gasteiger partial charge in [0, 0.05) is 26.2 Å². The summed E-state index contributed by atoms with van der Waals surface area (Å²) in [6.07, 6.45) is 0. The lowest BCUT2D eigenvalue weighted by molar-refractivity contribution is -0.123. The van der Waals surface area contributed by atoms with Crippen molar-refractivity contribution in [2.45, 2.75) is 17.9 Å². The van der Waals surface area contributed by atoms with Crippen molar-refractivity contribution in [1.29, 1.82) is 0 Å². The molecule has 1 aliphatic rings. The van der Waals surface area contributed by atoms with Crippen LogP contribution in [0.2, 0.25) is 5.02 Å². The van der Waals surface area contributed by atoms with Crippen LogP contribution in [0.5, 0.6) is 0 Å².